The molecule has 18 heavy (non-hydrogen) atoms. The highest BCUT2D eigenvalue weighted by atomic mass is 32.2. The summed E-state index contributed by atoms with van der Waals surface area (Å²) in [5.41, 5.74) is 1.22. The summed E-state index contributed by atoms with van der Waals surface area (Å²) in [5, 5.41) is 9.14. The van der Waals surface area contributed by atoms with Crippen molar-refractivity contribution in [1.29, 1.82) is 0 Å². The summed E-state index contributed by atoms with van der Waals surface area (Å²) in [6.45, 7) is 0.611. The van der Waals surface area contributed by atoms with Crippen LogP contribution in [0.2, 0.25) is 0 Å². The molecule has 5 heteroatoms. The van der Waals surface area contributed by atoms with Crippen molar-refractivity contribution in [1.82, 2.24) is 9.55 Å². The van der Waals surface area contributed by atoms with Gasteiger partial charge in [0.2, 0.25) is 0 Å². The van der Waals surface area contributed by atoms with Crippen LogP contribution in [0.3, 0.4) is 0 Å². The van der Waals surface area contributed by atoms with Gasteiger partial charge in [-0.1, -0.05) is 0 Å². The van der Waals surface area contributed by atoms with Crippen molar-refractivity contribution in [2.24, 2.45) is 11.8 Å². The number of imidazole rings is 1. The van der Waals surface area contributed by atoms with E-state index in [9.17, 15) is 4.79 Å². The van der Waals surface area contributed by atoms with E-state index in [0.29, 0.717) is 6.54 Å². The predicted octanol–water partition coefficient (Wildman–Crippen LogP) is 1.83. The Morgan fingerprint density at radius 2 is 2.44 bits per heavy atom. The van der Waals surface area contributed by atoms with Crippen molar-refractivity contribution in [2.45, 2.75) is 32.2 Å². The molecule has 1 fully saturated rings. The van der Waals surface area contributed by atoms with Crippen molar-refractivity contribution >= 4 is 17.7 Å². The third-order valence-corrected chi connectivity index (χ3v) is 5.25. The van der Waals surface area contributed by atoms with Crippen molar-refractivity contribution in [3.63, 3.8) is 0 Å². The zero-order valence-corrected chi connectivity index (χ0v) is 11.2. The van der Waals surface area contributed by atoms with Crippen molar-refractivity contribution in [3.8, 4) is 0 Å². The van der Waals surface area contributed by atoms with Gasteiger partial charge in [-0.3, -0.25) is 4.79 Å². The van der Waals surface area contributed by atoms with E-state index >= 15 is 0 Å². The molecule has 98 valence electrons. The highest BCUT2D eigenvalue weighted by Gasteiger charge is 2.27. The van der Waals surface area contributed by atoms with Gasteiger partial charge < -0.3 is 9.67 Å². The lowest BCUT2D eigenvalue weighted by Gasteiger charge is -2.23. The molecule has 3 rings (SSSR count). The molecule has 0 amide bonds. The Hall–Kier alpha value is -0.970. The van der Waals surface area contributed by atoms with Gasteiger partial charge >= 0.3 is 5.97 Å². The molecule has 2 aliphatic heterocycles. The standard InChI is InChI=1S/C13H18N2O2S/c16-13(17)10-1-2-11-6-14-12(15(11)7-10)5-9-3-4-18-8-9/h6,9-10H,1-5,7-8H2,(H,16,17). The van der Waals surface area contributed by atoms with Crippen molar-refractivity contribution in [2.75, 3.05) is 11.5 Å². The number of rotatable bonds is 3. The number of carbonyl (C=O) groups is 1. The lowest BCUT2D eigenvalue weighted by atomic mass is 9.98. The fourth-order valence-electron chi connectivity index (χ4n) is 2.88. The number of carboxylic acids is 1. The molecule has 1 aromatic rings. The van der Waals surface area contributed by atoms with Crippen LogP contribution in [0.5, 0.6) is 0 Å². The Kier molecular flexibility index (Phi) is 3.33. The normalized spacial score (nSPS) is 27.1. The van der Waals surface area contributed by atoms with Gasteiger partial charge in [0.05, 0.1) is 5.92 Å². The molecule has 1 saturated heterocycles. The Morgan fingerprint density at radius 3 is 3.17 bits per heavy atom. The molecule has 0 aromatic carbocycles. The van der Waals surface area contributed by atoms with E-state index in [4.69, 9.17) is 5.11 Å². The van der Waals surface area contributed by atoms with Crippen LogP contribution < -0.4 is 0 Å². The van der Waals surface area contributed by atoms with Gasteiger partial charge in [0, 0.05) is 24.9 Å². The molecule has 0 spiro atoms. The fourth-order valence-corrected chi connectivity index (χ4v) is 4.16. The third kappa shape index (κ3) is 2.28. The van der Waals surface area contributed by atoms with Crippen LogP contribution in [-0.2, 0) is 24.2 Å². The number of hydrogen-bond donors (Lipinski definition) is 1. The Bertz CT molecular complexity index is 452. The minimum absolute atomic E-state index is 0.233. The summed E-state index contributed by atoms with van der Waals surface area (Å²) in [5.74, 6) is 3.41. The van der Waals surface area contributed by atoms with Crippen LogP contribution in [0, 0.1) is 11.8 Å². The maximum Gasteiger partial charge on any atom is 0.308 e. The number of carboxylic acid groups (broad SMARTS) is 1. The predicted molar refractivity (Wildman–Crippen MR) is 70.8 cm³/mol. The van der Waals surface area contributed by atoms with E-state index in [0.717, 1.165) is 31.0 Å². The van der Waals surface area contributed by atoms with Crippen LogP contribution >= 0.6 is 11.8 Å². The summed E-state index contributed by atoms with van der Waals surface area (Å²) < 4.78 is 2.16. The maximum absolute atomic E-state index is 11.1. The first kappa shape index (κ1) is 12.1. The second kappa shape index (κ2) is 4.96. The smallest absolute Gasteiger partial charge is 0.308 e. The first-order valence-electron chi connectivity index (χ1n) is 6.58. The lowest BCUT2D eigenvalue weighted by Crippen LogP contribution is -2.27. The molecule has 1 N–H and O–H groups in total. The molecule has 1 aromatic heterocycles. The van der Waals surface area contributed by atoms with Crippen molar-refractivity contribution < 1.29 is 9.90 Å². The molecule has 4 nitrogen and oxygen atoms in total. The van der Waals surface area contributed by atoms with E-state index in [1.54, 1.807) is 0 Å². The second-order valence-corrected chi connectivity index (χ2v) is 6.43. The van der Waals surface area contributed by atoms with E-state index < -0.39 is 5.97 Å². The molecular weight excluding hydrogens is 248 g/mol. The van der Waals surface area contributed by atoms with Gasteiger partial charge in [-0.2, -0.15) is 11.8 Å². The van der Waals surface area contributed by atoms with Gasteiger partial charge in [0.15, 0.2) is 0 Å². The SMILES string of the molecule is O=C(O)C1CCc2cnc(CC3CCSC3)n2C1. The quantitative estimate of drug-likeness (QED) is 0.907. The number of thioether (sulfide) groups is 1. The Balaban J connectivity index is 1.76. The average molecular weight is 266 g/mol. The Labute approximate surface area is 111 Å². The first-order chi connectivity index (χ1) is 8.74. The van der Waals surface area contributed by atoms with E-state index in [1.165, 1.54) is 23.6 Å². The van der Waals surface area contributed by atoms with Crippen LogP contribution in [-0.4, -0.2) is 32.1 Å². The first-order valence-corrected chi connectivity index (χ1v) is 7.73. The number of aryl methyl sites for hydroxylation is 1. The van der Waals surface area contributed by atoms with E-state index in [1.807, 2.05) is 18.0 Å². The minimum Gasteiger partial charge on any atom is -0.481 e. The molecule has 0 saturated carbocycles. The summed E-state index contributed by atoms with van der Waals surface area (Å²) >= 11 is 2.02. The van der Waals surface area contributed by atoms with Crippen molar-refractivity contribution in [3.05, 3.63) is 17.7 Å². The monoisotopic (exact) mass is 266 g/mol. The zero-order chi connectivity index (χ0) is 12.5. The molecule has 2 unspecified atom stereocenters. The largest absolute Gasteiger partial charge is 0.481 e. The maximum atomic E-state index is 11.1. The highest BCUT2D eigenvalue weighted by Crippen LogP contribution is 2.28. The average Bonchev–Trinajstić information content (AvgIpc) is 2.99. The zero-order valence-electron chi connectivity index (χ0n) is 10.3. The molecule has 2 aliphatic rings. The topological polar surface area (TPSA) is 55.1 Å². The van der Waals surface area contributed by atoms with Gasteiger partial charge in [-0.05, 0) is 36.7 Å². The van der Waals surface area contributed by atoms with Gasteiger partial charge in [0.1, 0.15) is 5.82 Å². The summed E-state index contributed by atoms with van der Waals surface area (Å²) in [7, 11) is 0. The Morgan fingerprint density at radius 1 is 1.56 bits per heavy atom. The number of aromatic nitrogens is 2. The molecule has 0 aliphatic carbocycles. The lowest BCUT2D eigenvalue weighted by molar-refractivity contribution is -0.142. The van der Waals surface area contributed by atoms with Gasteiger partial charge in [-0.15, -0.1) is 0 Å². The van der Waals surface area contributed by atoms with Crippen LogP contribution in [0.1, 0.15) is 24.4 Å². The molecule has 0 radical (unpaired) electrons. The summed E-state index contributed by atoms with van der Waals surface area (Å²) in [6, 6.07) is 0. The van der Waals surface area contributed by atoms with Crippen LogP contribution in [0.4, 0.5) is 0 Å². The fraction of sp³-hybridized carbons (Fsp3) is 0.692. The second-order valence-electron chi connectivity index (χ2n) is 5.28. The van der Waals surface area contributed by atoms with Gasteiger partial charge in [0.25, 0.3) is 0 Å². The van der Waals surface area contributed by atoms with Crippen LogP contribution in [0.15, 0.2) is 6.20 Å². The number of nitrogens with zero attached hydrogens (tertiary/aromatic N) is 2. The third-order valence-electron chi connectivity index (χ3n) is 4.02. The number of fused-ring (bicyclic) bond motifs is 1. The van der Waals surface area contributed by atoms with Gasteiger partial charge in [-0.25, -0.2) is 4.98 Å². The molecular formula is C13H18N2O2S. The van der Waals surface area contributed by atoms with E-state index in [2.05, 4.69) is 9.55 Å². The number of hydrogen-bond acceptors (Lipinski definition) is 3. The molecule has 2 atom stereocenters. The molecule has 0 bridgehead atoms. The highest BCUT2D eigenvalue weighted by molar-refractivity contribution is 7.99. The van der Waals surface area contributed by atoms with E-state index in [-0.39, 0.29) is 5.92 Å². The van der Waals surface area contributed by atoms with Crippen LogP contribution in [0.25, 0.3) is 0 Å². The summed E-state index contributed by atoms with van der Waals surface area (Å²) in [6.07, 6.45) is 5.83. The molecule has 3 heterocycles. The minimum atomic E-state index is -0.670. The number of aliphatic carboxylic acids is 1. The summed E-state index contributed by atoms with van der Waals surface area (Å²) in [4.78, 5) is 15.6.